The first-order chi connectivity index (χ1) is 14.4. The number of hydrogen-bond acceptors (Lipinski definition) is 3. The molecule has 0 aliphatic rings. The van der Waals surface area contributed by atoms with E-state index in [-0.39, 0.29) is 12.5 Å². The maximum Gasteiger partial charge on any atom is 0.255 e. The highest BCUT2D eigenvalue weighted by Gasteiger charge is 2.14. The summed E-state index contributed by atoms with van der Waals surface area (Å²) in [6, 6.07) is 16.8. The van der Waals surface area contributed by atoms with Gasteiger partial charge in [0.2, 0.25) is 0 Å². The number of anilines is 1. The number of para-hydroxylation sites is 1. The minimum Gasteiger partial charge on any atom is -0.493 e. The van der Waals surface area contributed by atoms with Crippen molar-refractivity contribution >= 4 is 23.2 Å². The summed E-state index contributed by atoms with van der Waals surface area (Å²) >= 11 is 6.18. The van der Waals surface area contributed by atoms with Gasteiger partial charge < -0.3 is 14.8 Å². The summed E-state index contributed by atoms with van der Waals surface area (Å²) in [5, 5.41) is 3.58. The van der Waals surface area contributed by atoms with Crippen molar-refractivity contribution in [2.24, 2.45) is 0 Å². The fourth-order valence-electron chi connectivity index (χ4n) is 3.41. The molecule has 5 heteroatoms. The zero-order valence-electron chi connectivity index (χ0n) is 17.7. The molecule has 3 aromatic rings. The molecule has 0 bridgehead atoms. The lowest BCUT2D eigenvalue weighted by molar-refractivity contribution is 0.102. The monoisotopic (exact) mass is 423 g/mol. The van der Waals surface area contributed by atoms with Crippen LogP contribution in [0.3, 0.4) is 0 Å². The summed E-state index contributed by atoms with van der Waals surface area (Å²) < 4.78 is 11.6. The maximum atomic E-state index is 12.9. The number of hydrogen-bond donors (Lipinski definition) is 1. The summed E-state index contributed by atoms with van der Waals surface area (Å²) in [6.45, 7) is 8.72. The molecule has 0 aromatic heterocycles. The number of rotatable bonds is 7. The van der Waals surface area contributed by atoms with Crippen molar-refractivity contribution in [2.75, 3.05) is 11.9 Å². The van der Waals surface area contributed by atoms with Crippen LogP contribution in [0.1, 0.15) is 39.5 Å². The smallest absolute Gasteiger partial charge is 0.255 e. The van der Waals surface area contributed by atoms with Crippen LogP contribution in [-0.4, -0.2) is 12.5 Å². The topological polar surface area (TPSA) is 47.6 Å². The molecule has 3 rings (SSSR count). The normalized spacial score (nSPS) is 10.6. The molecule has 1 N–H and O–H groups in total. The second kappa shape index (κ2) is 9.68. The Labute approximate surface area is 182 Å². The van der Waals surface area contributed by atoms with Gasteiger partial charge in [-0.2, -0.15) is 0 Å². The SMILES string of the molecule is CCOc1ccc(C(=O)Nc2c(C)cc(C)cc2C)cc1COc1ccccc1Cl. The second-order valence-electron chi connectivity index (χ2n) is 7.20. The van der Waals surface area contributed by atoms with Crippen molar-refractivity contribution < 1.29 is 14.3 Å². The van der Waals surface area contributed by atoms with Crippen LogP contribution < -0.4 is 14.8 Å². The van der Waals surface area contributed by atoms with E-state index in [1.165, 1.54) is 5.56 Å². The van der Waals surface area contributed by atoms with Crippen LogP contribution in [0.25, 0.3) is 0 Å². The van der Waals surface area contributed by atoms with Gasteiger partial charge in [-0.15, -0.1) is 0 Å². The van der Waals surface area contributed by atoms with Crippen LogP contribution in [-0.2, 0) is 6.61 Å². The van der Waals surface area contributed by atoms with Gasteiger partial charge in [0.1, 0.15) is 18.1 Å². The number of nitrogens with one attached hydrogen (secondary N) is 1. The van der Waals surface area contributed by atoms with Crippen molar-refractivity contribution in [3.63, 3.8) is 0 Å². The standard InChI is InChI=1S/C25H26ClNO3/c1-5-29-22-11-10-19(14-20(22)15-30-23-9-7-6-8-21(23)26)25(28)27-24-17(3)12-16(2)13-18(24)4/h6-14H,5,15H2,1-4H3,(H,27,28). The largest absolute Gasteiger partial charge is 0.493 e. The van der Waals surface area contributed by atoms with Gasteiger partial charge >= 0.3 is 0 Å². The average Bonchev–Trinajstić information content (AvgIpc) is 2.71. The third-order valence-corrected chi connectivity index (χ3v) is 5.07. The molecule has 0 atom stereocenters. The van der Waals surface area contributed by atoms with Gasteiger partial charge in [-0.3, -0.25) is 4.79 Å². The van der Waals surface area contributed by atoms with Gasteiger partial charge in [0.25, 0.3) is 5.91 Å². The third kappa shape index (κ3) is 5.14. The van der Waals surface area contributed by atoms with Crippen LogP contribution in [0, 0.1) is 20.8 Å². The van der Waals surface area contributed by atoms with Gasteiger partial charge in [-0.25, -0.2) is 0 Å². The predicted molar refractivity (Wildman–Crippen MR) is 122 cm³/mol. The second-order valence-corrected chi connectivity index (χ2v) is 7.61. The first-order valence-corrected chi connectivity index (χ1v) is 10.3. The Morgan fingerprint density at radius 1 is 0.933 bits per heavy atom. The summed E-state index contributed by atoms with van der Waals surface area (Å²) in [5.41, 5.74) is 5.40. The first kappa shape index (κ1) is 21.7. The minimum absolute atomic E-state index is 0.174. The van der Waals surface area contributed by atoms with Gasteiger partial charge in [-0.05, 0) is 69.2 Å². The van der Waals surface area contributed by atoms with Crippen LogP contribution >= 0.6 is 11.6 Å². The average molecular weight is 424 g/mol. The highest BCUT2D eigenvalue weighted by molar-refractivity contribution is 6.32. The van der Waals surface area contributed by atoms with E-state index in [2.05, 4.69) is 17.4 Å². The Bertz CT molecular complexity index is 1040. The van der Waals surface area contributed by atoms with Crippen molar-refractivity contribution in [1.29, 1.82) is 0 Å². The molecule has 0 aliphatic carbocycles. The van der Waals surface area contributed by atoms with Gasteiger partial charge in [0.05, 0.1) is 11.6 Å². The van der Waals surface area contributed by atoms with E-state index in [1.54, 1.807) is 24.3 Å². The summed E-state index contributed by atoms with van der Waals surface area (Å²) in [5.74, 6) is 1.10. The number of ether oxygens (including phenoxy) is 2. The number of aryl methyl sites for hydroxylation is 3. The van der Waals surface area contributed by atoms with Gasteiger partial charge in [-0.1, -0.05) is 41.4 Å². The Hall–Kier alpha value is -2.98. The number of carbonyl (C=O) groups excluding carboxylic acids is 1. The first-order valence-electron chi connectivity index (χ1n) is 9.91. The summed E-state index contributed by atoms with van der Waals surface area (Å²) in [6.07, 6.45) is 0. The fraction of sp³-hybridized carbons (Fsp3) is 0.240. The van der Waals surface area contributed by atoms with E-state index in [4.69, 9.17) is 21.1 Å². The zero-order chi connectivity index (χ0) is 21.7. The number of carbonyl (C=O) groups is 1. The quantitative estimate of drug-likeness (QED) is 0.472. The molecule has 156 valence electrons. The van der Waals surface area contributed by atoms with E-state index in [0.29, 0.717) is 28.7 Å². The predicted octanol–water partition coefficient (Wildman–Crippen LogP) is 6.50. The molecular formula is C25H26ClNO3. The molecule has 0 aliphatic heterocycles. The van der Waals surface area contributed by atoms with Crippen molar-refractivity contribution in [3.05, 3.63) is 87.4 Å². The van der Waals surface area contributed by atoms with Crippen molar-refractivity contribution in [1.82, 2.24) is 0 Å². The Balaban J connectivity index is 1.84. The molecule has 0 unspecified atom stereocenters. The molecule has 0 saturated carbocycles. The highest BCUT2D eigenvalue weighted by atomic mass is 35.5. The summed E-state index contributed by atoms with van der Waals surface area (Å²) in [7, 11) is 0. The molecule has 4 nitrogen and oxygen atoms in total. The lowest BCUT2D eigenvalue weighted by atomic mass is 10.0. The van der Waals surface area contributed by atoms with E-state index in [0.717, 1.165) is 22.4 Å². The zero-order valence-corrected chi connectivity index (χ0v) is 18.5. The molecule has 0 spiro atoms. The van der Waals surface area contributed by atoms with Crippen LogP contribution in [0.2, 0.25) is 5.02 Å². The number of amides is 1. The van der Waals surface area contributed by atoms with Crippen molar-refractivity contribution in [3.8, 4) is 11.5 Å². The lowest BCUT2D eigenvalue weighted by Gasteiger charge is -2.15. The van der Waals surface area contributed by atoms with E-state index in [9.17, 15) is 4.79 Å². The number of halogens is 1. The molecule has 3 aromatic carbocycles. The Morgan fingerprint density at radius 2 is 1.63 bits per heavy atom. The molecule has 0 radical (unpaired) electrons. The Morgan fingerprint density at radius 3 is 2.30 bits per heavy atom. The molecule has 0 fully saturated rings. The van der Waals surface area contributed by atoms with Gasteiger partial charge in [0.15, 0.2) is 0 Å². The van der Waals surface area contributed by atoms with Crippen LogP contribution in [0.15, 0.2) is 54.6 Å². The molecule has 1 amide bonds. The highest BCUT2D eigenvalue weighted by Crippen LogP contribution is 2.28. The maximum absolute atomic E-state index is 12.9. The fourth-order valence-corrected chi connectivity index (χ4v) is 3.60. The summed E-state index contributed by atoms with van der Waals surface area (Å²) in [4.78, 5) is 12.9. The molecule has 0 heterocycles. The third-order valence-electron chi connectivity index (χ3n) is 4.76. The number of benzene rings is 3. The minimum atomic E-state index is -0.174. The van der Waals surface area contributed by atoms with Gasteiger partial charge in [0, 0.05) is 16.8 Å². The van der Waals surface area contributed by atoms with Crippen LogP contribution in [0.5, 0.6) is 11.5 Å². The lowest BCUT2D eigenvalue weighted by Crippen LogP contribution is -2.15. The van der Waals surface area contributed by atoms with Crippen molar-refractivity contribution in [2.45, 2.75) is 34.3 Å². The van der Waals surface area contributed by atoms with E-state index >= 15 is 0 Å². The van der Waals surface area contributed by atoms with E-state index < -0.39 is 0 Å². The van der Waals surface area contributed by atoms with Crippen LogP contribution in [0.4, 0.5) is 5.69 Å². The molecule has 30 heavy (non-hydrogen) atoms. The Kier molecular flexibility index (Phi) is 7.01. The molecular weight excluding hydrogens is 398 g/mol. The van der Waals surface area contributed by atoms with E-state index in [1.807, 2.05) is 45.9 Å². The molecule has 0 saturated heterocycles.